The third-order valence-corrected chi connectivity index (χ3v) is 10.6. The third kappa shape index (κ3) is 4.22. The van der Waals surface area contributed by atoms with Crippen LogP contribution in [0.15, 0.2) is 34.1 Å². The maximum Gasteiger partial charge on any atom is 0.265 e. The van der Waals surface area contributed by atoms with Crippen molar-refractivity contribution in [2.24, 2.45) is 0 Å². The molecule has 160 valence electrons. The van der Waals surface area contributed by atoms with Gasteiger partial charge in [0.15, 0.2) is 14.6 Å². The van der Waals surface area contributed by atoms with Crippen molar-refractivity contribution in [2.45, 2.75) is 83.6 Å². The lowest BCUT2D eigenvalue weighted by molar-refractivity contribution is -0.133. The number of nitrogens with zero attached hydrogens (tertiary/aromatic N) is 1. The van der Waals surface area contributed by atoms with Crippen LogP contribution in [0.2, 0.25) is 0 Å². The molecule has 1 amide bonds. The Morgan fingerprint density at radius 1 is 1.03 bits per heavy atom. The van der Waals surface area contributed by atoms with Gasteiger partial charge in [0.05, 0.1) is 4.90 Å². The summed E-state index contributed by atoms with van der Waals surface area (Å²) in [5.41, 5.74) is 1.64. The van der Waals surface area contributed by atoms with Gasteiger partial charge in [-0.2, -0.15) is 0 Å². The number of hydrogen-bond acceptors (Lipinski definition) is 6. The van der Waals surface area contributed by atoms with Gasteiger partial charge in [0.25, 0.3) is 5.91 Å². The van der Waals surface area contributed by atoms with Crippen LogP contribution >= 0.6 is 11.8 Å². The molecule has 3 aliphatic rings. The SMILES string of the molecule is O=C(NO)C1(S(=O)(=O)c2ccc(SC3CCCCC3)cc2)CCN(C2CC2)CC1. The predicted molar refractivity (Wildman–Crippen MR) is 113 cm³/mol. The number of rotatable bonds is 6. The summed E-state index contributed by atoms with van der Waals surface area (Å²) in [5.74, 6) is -0.811. The number of amides is 1. The van der Waals surface area contributed by atoms with Crippen LogP contribution in [-0.4, -0.2) is 53.6 Å². The molecule has 2 N–H and O–H groups in total. The van der Waals surface area contributed by atoms with E-state index in [4.69, 9.17) is 0 Å². The fourth-order valence-corrected chi connectivity index (χ4v) is 7.91. The van der Waals surface area contributed by atoms with Crippen LogP contribution in [0.5, 0.6) is 0 Å². The van der Waals surface area contributed by atoms with E-state index in [1.54, 1.807) is 17.6 Å². The highest BCUT2D eigenvalue weighted by Crippen LogP contribution is 2.40. The molecule has 0 spiro atoms. The average molecular weight is 439 g/mol. The van der Waals surface area contributed by atoms with Crippen molar-refractivity contribution in [3.8, 4) is 0 Å². The van der Waals surface area contributed by atoms with Gasteiger partial charge in [0.1, 0.15) is 0 Å². The molecule has 8 heteroatoms. The molecule has 1 saturated heterocycles. The topological polar surface area (TPSA) is 86.7 Å². The second-order valence-electron chi connectivity index (χ2n) is 8.56. The molecule has 3 fully saturated rings. The zero-order chi connectivity index (χ0) is 20.5. The quantitative estimate of drug-likeness (QED) is 0.523. The van der Waals surface area contributed by atoms with E-state index in [9.17, 15) is 18.4 Å². The zero-order valence-corrected chi connectivity index (χ0v) is 18.3. The smallest absolute Gasteiger partial charge is 0.265 e. The second-order valence-corrected chi connectivity index (χ2v) is 12.2. The molecule has 0 radical (unpaired) electrons. The van der Waals surface area contributed by atoms with Crippen molar-refractivity contribution in [1.82, 2.24) is 10.4 Å². The maximum atomic E-state index is 13.5. The summed E-state index contributed by atoms with van der Waals surface area (Å²) in [5, 5.41) is 9.90. The van der Waals surface area contributed by atoms with Gasteiger partial charge in [-0.05, 0) is 62.8 Å². The highest BCUT2D eigenvalue weighted by molar-refractivity contribution is 8.00. The minimum atomic E-state index is -3.92. The number of carbonyl (C=O) groups excluding carboxylic acids is 1. The van der Waals surface area contributed by atoms with E-state index in [1.165, 1.54) is 32.1 Å². The second kappa shape index (κ2) is 8.57. The van der Waals surface area contributed by atoms with E-state index in [2.05, 4.69) is 4.90 Å². The minimum absolute atomic E-state index is 0.161. The van der Waals surface area contributed by atoms with Gasteiger partial charge in [-0.15, -0.1) is 11.8 Å². The monoisotopic (exact) mass is 438 g/mol. The lowest BCUT2D eigenvalue weighted by Gasteiger charge is -2.39. The Bertz CT molecular complexity index is 823. The van der Waals surface area contributed by atoms with E-state index in [1.807, 2.05) is 23.9 Å². The summed E-state index contributed by atoms with van der Waals surface area (Å²) >= 11 is 1.82. The predicted octanol–water partition coefficient (Wildman–Crippen LogP) is 3.39. The molecular formula is C21H30N2O4S2. The average Bonchev–Trinajstić information content (AvgIpc) is 3.60. The van der Waals surface area contributed by atoms with Crippen molar-refractivity contribution < 1.29 is 18.4 Å². The summed E-state index contributed by atoms with van der Waals surface area (Å²) in [7, 11) is -3.92. The summed E-state index contributed by atoms with van der Waals surface area (Å²) in [6.45, 7) is 1.12. The highest BCUT2D eigenvalue weighted by atomic mass is 32.2. The number of piperidine rings is 1. The van der Waals surface area contributed by atoms with Crippen molar-refractivity contribution in [3.63, 3.8) is 0 Å². The Balaban J connectivity index is 1.53. The number of carbonyl (C=O) groups is 1. The van der Waals surface area contributed by atoms with Crippen LogP contribution in [0.3, 0.4) is 0 Å². The molecule has 1 aliphatic heterocycles. The van der Waals surface area contributed by atoms with E-state index in [0.29, 0.717) is 24.4 Å². The van der Waals surface area contributed by atoms with Crippen LogP contribution < -0.4 is 5.48 Å². The van der Waals surface area contributed by atoms with E-state index in [0.717, 1.165) is 17.7 Å². The largest absolute Gasteiger partial charge is 0.300 e. The molecule has 4 rings (SSSR count). The summed E-state index contributed by atoms with van der Waals surface area (Å²) in [6, 6.07) is 7.50. The molecule has 6 nitrogen and oxygen atoms in total. The van der Waals surface area contributed by atoms with Crippen LogP contribution in [0.1, 0.15) is 57.8 Å². The Kier molecular flexibility index (Phi) is 6.25. The maximum absolute atomic E-state index is 13.5. The molecule has 29 heavy (non-hydrogen) atoms. The molecule has 2 saturated carbocycles. The van der Waals surface area contributed by atoms with Gasteiger partial charge in [-0.3, -0.25) is 10.0 Å². The Labute approximate surface area is 177 Å². The standard InChI is InChI=1S/C21H30N2O4S2/c24-20(22-25)21(12-14-23(15-13-21)16-6-7-16)29(26,27)19-10-8-18(9-11-19)28-17-4-2-1-3-5-17/h8-11,16-17,25H,1-7,12-15H2,(H,22,24). The molecule has 0 atom stereocenters. The first-order valence-corrected chi connectivity index (χ1v) is 13.0. The molecule has 2 aliphatic carbocycles. The van der Waals surface area contributed by atoms with Gasteiger partial charge in [0.2, 0.25) is 0 Å². The lowest BCUT2D eigenvalue weighted by Crippen LogP contribution is -2.58. The minimum Gasteiger partial charge on any atom is -0.300 e. The van der Waals surface area contributed by atoms with Crippen LogP contribution in [0.25, 0.3) is 0 Å². The van der Waals surface area contributed by atoms with Crippen molar-refractivity contribution in [3.05, 3.63) is 24.3 Å². The Hall–Kier alpha value is -1.09. The molecule has 0 bridgehead atoms. The Morgan fingerprint density at radius 2 is 1.66 bits per heavy atom. The molecule has 1 heterocycles. The van der Waals surface area contributed by atoms with Crippen molar-refractivity contribution in [2.75, 3.05) is 13.1 Å². The van der Waals surface area contributed by atoms with Crippen molar-refractivity contribution in [1.29, 1.82) is 0 Å². The Morgan fingerprint density at radius 3 is 2.21 bits per heavy atom. The third-order valence-electron chi connectivity index (χ3n) is 6.69. The highest BCUT2D eigenvalue weighted by Gasteiger charge is 2.53. The summed E-state index contributed by atoms with van der Waals surface area (Å²) < 4.78 is 25.4. The summed E-state index contributed by atoms with van der Waals surface area (Å²) in [6.07, 6.45) is 8.96. The normalized spacial score (nSPS) is 23.6. The molecule has 1 aromatic rings. The number of nitrogens with one attached hydrogen (secondary N) is 1. The molecular weight excluding hydrogens is 408 g/mol. The lowest BCUT2D eigenvalue weighted by atomic mass is 9.94. The van der Waals surface area contributed by atoms with Gasteiger partial charge in [-0.1, -0.05) is 19.3 Å². The number of thioether (sulfide) groups is 1. The summed E-state index contributed by atoms with van der Waals surface area (Å²) in [4.78, 5) is 16.1. The van der Waals surface area contributed by atoms with E-state index < -0.39 is 20.5 Å². The van der Waals surface area contributed by atoms with Gasteiger partial charge in [0, 0.05) is 29.3 Å². The molecule has 0 unspecified atom stereocenters. The zero-order valence-electron chi connectivity index (χ0n) is 16.7. The fraction of sp³-hybridized carbons (Fsp3) is 0.667. The first-order chi connectivity index (χ1) is 14.0. The number of likely N-dealkylation sites (tertiary alicyclic amines) is 1. The fourth-order valence-electron chi connectivity index (χ4n) is 4.71. The van der Waals surface area contributed by atoms with Crippen LogP contribution in [0, 0.1) is 0 Å². The number of hydroxylamine groups is 1. The molecule has 1 aromatic carbocycles. The van der Waals surface area contributed by atoms with Gasteiger partial charge >= 0.3 is 0 Å². The van der Waals surface area contributed by atoms with Crippen molar-refractivity contribution >= 4 is 27.5 Å². The van der Waals surface area contributed by atoms with E-state index >= 15 is 0 Å². The van der Waals surface area contributed by atoms with Crippen LogP contribution in [0.4, 0.5) is 0 Å². The molecule has 0 aromatic heterocycles. The number of benzene rings is 1. The van der Waals surface area contributed by atoms with Crippen LogP contribution in [-0.2, 0) is 14.6 Å². The number of sulfone groups is 1. The van der Waals surface area contributed by atoms with Gasteiger partial charge in [-0.25, -0.2) is 13.9 Å². The first-order valence-electron chi connectivity index (χ1n) is 10.7. The van der Waals surface area contributed by atoms with Gasteiger partial charge < -0.3 is 4.90 Å². The van der Waals surface area contributed by atoms with E-state index in [-0.39, 0.29) is 17.7 Å². The number of hydrogen-bond donors (Lipinski definition) is 2. The first kappa shape index (κ1) is 21.2.